The summed E-state index contributed by atoms with van der Waals surface area (Å²) in [4.78, 5) is 10.9. The number of nitriles is 1. The predicted octanol–water partition coefficient (Wildman–Crippen LogP) is 2.64. The minimum Gasteiger partial charge on any atom is -0.500 e. The maximum Gasteiger partial charge on any atom is 0.314 e. The molecule has 0 radical (unpaired) electrons. The predicted molar refractivity (Wildman–Crippen MR) is 111 cm³/mol. The van der Waals surface area contributed by atoms with Gasteiger partial charge in [0.15, 0.2) is 5.75 Å². The third-order valence-electron chi connectivity index (χ3n) is 5.71. The van der Waals surface area contributed by atoms with Gasteiger partial charge < -0.3 is 25.1 Å². The number of phenolic OH excluding ortho intramolecular Hbond substituents is 1. The van der Waals surface area contributed by atoms with Gasteiger partial charge in [-0.3, -0.25) is 10.1 Å². The molecule has 32 heavy (non-hydrogen) atoms. The average Bonchev–Trinajstić information content (AvgIpc) is 3.41. The summed E-state index contributed by atoms with van der Waals surface area (Å²) in [7, 11) is 1.30. The van der Waals surface area contributed by atoms with Crippen molar-refractivity contribution in [3.63, 3.8) is 0 Å². The molecule has 2 aliphatic heterocycles. The molecule has 2 aromatic rings. The van der Waals surface area contributed by atoms with Crippen LogP contribution in [0, 0.1) is 21.4 Å². The van der Waals surface area contributed by atoms with Gasteiger partial charge in [0.05, 0.1) is 41.9 Å². The van der Waals surface area contributed by atoms with Crippen molar-refractivity contribution in [2.24, 2.45) is 5.73 Å². The molecule has 11 nitrogen and oxygen atoms in total. The first-order chi connectivity index (χ1) is 15.4. The molecule has 3 N–H and O–H groups in total. The summed E-state index contributed by atoms with van der Waals surface area (Å²) in [6, 6.07) is 4.74. The first-order valence-corrected chi connectivity index (χ1v) is 10.2. The average molecular weight is 441 g/mol. The lowest BCUT2D eigenvalue weighted by atomic mass is 9.83. The maximum absolute atomic E-state index is 11.6. The number of allylic oxidation sites excluding steroid dienone is 1. The molecule has 2 atom stereocenters. The van der Waals surface area contributed by atoms with Crippen molar-refractivity contribution >= 4 is 5.69 Å². The molecule has 0 saturated carbocycles. The SMILES string of the molecule is CCCc1nn(C2CCOC2)c2c1C(c1cc(OC)c(O)c([N+](=O)[O-])c1)C(C#N)=C(N)O2. The van der Waals surface area contributed by atoms with Crippen LogP contribution >= 0.6 is 0 Å². The third-order valence-corrected chi connectivity index (χ3v) is 5.71. The molecule has 1 fully saturated rings. The van der Waals surface area contributed by atoms with Gasteiger partial charge in [-0.05, 0) is 24.5 Å². The molecule has 168 valence electrons. The molecule has 11 heteroatoms. The van der Waals surface area contributed by atoms with E-state index in [1.165, 1.54) is 19.2 Å². The third kappa shape index (κ3) is 3.38. The van der Waals surface area contributed by atoms with Crippen LogP contribution in [0.25, 0.3) is 0 Å². The van der Waals surface area contributed by atoms with Gasteiger partial charge in [0.2, 0.25) is 17.5 Å². The number of benzene rings is 1. The first-order valence-electron chi connectivity index (χ1n) is 10.2. The van der Waals surface area contributed by atoms with Gasteiger partial charge in [0, 0.05) is 12.7 Å². The Labute approximate surface area is 183 Å². The Morgan fingerprint density at radius 2 is 2.28 bits per heavy atom. The fourth-order valence-electron chi connectivity index (χ4n) is 4.23. The lowest BCUT2D eigenvalue weighted by Gasteiger charge is -2.26. The van der Waals surface area contributed by atoms with E-state index >= 15 is 0 Å². The summed E-state index contributed by atoms with van der Waals surface area (Å²) < 4.78 is 18.3. The summed E-state index contributed by atoms with van der Waals surface area (Å²) in [6.45, 7) is 3.08. The Morgan fingerprint density at radius 1 is 1.50 bits per heavy atom. The summed E-state index contributed by atoms with van der Waals surface area (Å²) in [5, 5.41) is 36.4. The van der Waals surface area contributed by atoms with Crippen molar-refractivity contribution in [3.8, 4) is 23.4 Å². The van der Waals surface area contributed by atoms with Crippen molar-refractivity contribution in [3.05, 3.63) is 50.5 Å². The number of methoxy groups -OCH3 is 1. The highest BCUT2D eigenvalue weighted by Crippen LogP contribution is 2.48. The number of nitrogens with zero attached hydrogens (tertiary/aromatic N) is 4. The van der Waals surface area contributed by atoms with Crippen LogP contribution in [0.2, 0.25) is 0 Å². The zero-order valence-electron chi connectivity index (χ0n) is 17.7. The number of aryl methyl sites for hydroxylation is 1. The number of nitro groups is 1. The number of nitro benzene ring substituents is 1. The number of ether oxygens (including phenoxy) is 3. The van der Waals surface area contributed by atoms with Gasteiger partial charge in [-0.15, -0.1) is 0 Å². The highest BCUT2D eigenvalue weighted by atomic mass is 16.6. The van der Waals surface area contributed by atoms with Crippen molar-refractivity contribution in [1.29, 1.82) is 5.26 Å². The number of phenols is 1. The largest absolute Gasteiger partial charge is 0.500 e. The molecule has 0 amide bonds. The van der Waals surface area contributed by atoms with E-state index in [-0.39, 0.29) is 23.2 Å². The highest BCUT2D eigenvalue weighted by molar-refractivity contribution is 5.63. The van der Waals surface area contributed by atoms with Gasteiger partial charge in [0.25, 0.3) is 0 Å². The molecule has 3 heterocycles. The topological polar surface area (TPSA) is 159 Å². The molecule has 0 aliphatic carbocycles. The normalized spacial score (nSPS) is 19.9. The van der Waals surface area contributed by atoms with Gasteiger partial charge in [0.1, 0.15) is 11.6 Å². The number of rotatable bonds is 6. The van der Waals surface area contributed by atoms with Crippen molar-refractivity contribution in [2.75, 3.05) is 20.3 Å². The fraction of sp³-hybridized carbons (Fsp3) is 0.429. The highest BCUT2D eigenvalue weighted by Gasteiger charge is 2.39. The van der Waals surface area contributed by atoms with Crippen LogP contribution in [0.4, 0.5) is 5.69 Å². The molecule has 0 spiro atoms. The zero-order chi connectivity index (χ0) is 23.0. The lowest BCUT2D eigenvalue weighted by Crippen LogP contribution is -2.23. The minimum atomic E-state index is -0.769. The second-order valence-corrected chi connectivity index (χ2v) is 7.65. The Kier molecular flexibility index (Phi) is 5.63. The fourth-order valence-corrected chi connectivity index (χ4v) is 4.23. The van der Waals surface area contributed by atoms with Crippen LogP contribution in [0.15, 0.2) is 23.6 Å². The number of aromatic hydroxyl groups is 1. The molecule has 4 rings (SSSR count). The monoisotopic (exact) mass is 441 g/mol. The van der Waals surface area contributed by atoms with E-state index in [0.717, 1.165) is 12.8 Å². The van der Waals surface area contributed by atoms with Gasteiger partial charge >= 0.3 is 5.69 Å². The van der Waals surface area contributed by atoms with E-state index in [4.69, 9.17) is 25.0 Å². The summed E-state index contributed by atoms with van der Waals surface area (Å²) in [5.74, 6) is -1.12. The summed E-state index contributed by atoms with van der Waals surface area (Å²) >= 11 is 0. The van der Waals surface area contributed by atoms with E-state index in [1.807, 2.05) is 6.92 Å². The molecular weight excluding hydrogens is 418 g/mol. The van der Waals surface area contributed by atoms with E-state index in [9.17, 15) is 20.5 Å². The first kappa shape index (κ1) is 21.5. The van der Waals surface area contributed by atoms with Gasteiger partial charge in [-0.1, -0.05) is 13.3 Å². The smallest absolute Gasteiger partial charge is 0.314 e. The number of fused-ring (bicyclic) bond motifs is 1. The van der Waals surface area contributed by atoms with Crippen LogP contribution in [0.1, 0.15) is 48.5 Å². The van der Waals surface area contributed by atoms with Gasteiger partial charge in [-0.25, -0.2) is 4.68 Å². The Hall–Kier alpha value is -3.78. The standard InChI is InChI=1S/C21H23N5O6/c1-3-4-14-18-17(11-7-15(26(28)29)19(27)16(8-11)30-2)13(9-22)20(23)32-21(18)25(24-14)12-5-6-31-10-12/h7-8,12,17,27H,3-6,10,23H2,1-2H3. The molecular formula is C21H23N5O6. The second-order valence-electron chi connectivity index (χ2n) is 7.65. The van der Waals surface area contributed by atoms with Crippen LogP contribution < -0.4 is 15.2 Å². The maximum atomic E-state index is 11.6. The quantitative estimate of drug-likeness (QED) is 0.507. The summed E-state index contributed by atoms with van der Waals surface area (Å²) in [5.41, 5.74) is 7.43. The van der Waals surface area contributed by atoms with Crippen LogP contribution in [0.3, 0.4) is 0 Å². The van der Waals surface area contributed by atoms with Crippen molar-refractivity contribution < 1.29 is 24.2 Å². The number of hydrogen-bond donors (Lipinski definition) is 2. The van der Waals surface area contributed by atoms with E-state index in [1.54, 1.807) is 4.68 Å². The minimum absolute atomic E-state index is 0.0462. The second kappa shape index (κ2) is 8.39. The Balaban J connectivity index is 1.98. The molecule has 1 aromatic heterocycles. The Bertz CT molecular complexity index is 1140. The molecule has 2 aliphatic rings. The molecule has 2 unspecified atom stereocenters. The van der Waals surface area contributed by atoms with E-state index in [2.05, 4.69) is 6.07 Å². The van der Waals surface area contributed by atoms with E-state index in [0.29, 0.717) is 42.3 Å². The van der Waals surface area contributed by atoms with Crippen molar-refractivity contribution in [1.82, 2.24) is 9.78 Å². The molecule has 0 bridgehead atoms. The summed E-state index contributed by atoms with van der Waals surface area (Å²) in [6.07, 6.45) is 2.15. The Morgan fingerprint density at radius 3 is 2.88 bits per heavy atom. The van der Waals surface area contributed by atoms with E-state index < -0.39 is 22.3 Å². The van der Waals surface area contributed by atoms with Crippen LogP contribution in [-0.4, -0.2) is 40.1 Å². The zero-order valence-corrected chi connectivity index (χ0v) is 17.7. The molecule has 1 saturated heterocycles. The van der Waals surface area contributed by atoms with Crippen LogP contribution in [-0.2, 0) is 11.2 Å². The lowest BCUT2D eigenvalue weighted by molar-refractivity contribution is -0.386. The number of nitrogens with two attached hydrogens (primary N) is 1. The number of aromatic nitrogens is 2. The van der Waals surface area contributed by atoms with Crippen LogP contribution in [0.5, 0.6) is 17.4 Å². The molecule has 1 aromatic carbocycles. The van der Waals surface area contributed by atoms with Gasteiger partial charge in [-0.2, -0.15) is 10.4 Å². The van der Waals surface area contributed by atoms with Crippen molar-refractivity contribution in [2.45, 2.75) is 38.1 Å². The number of hydrogen-bond acceptors (Lipinski definition) is 9.